The quantitative estimate of drug-likeness (QED) is 0.705. The van der Waals surface area contributed by atoms with E-state index in [-0.39, 0.29) is 6.10 Å². The lowest BCUT2D eigenvalue weighted by molar-refractivity contribution is 0.235. The molecule has 1 aromatic carbocycles. The second-order valence-electron chi connectivity index (χ2n) is 6.99. The Balaban J connectivity index is 1.54. The van der Waals surface area contributed by atoms with Crippen molar-refractivity contribution in [2.45, 2.75) is 26.9 Å². The minimum atomic E-state index is 0.0746. The van der Waals surface area contributed by atoms with Gasteiger partial charge in [-0.2, -0.15) is 0 Å². The number of nitrogens with zero attached hydrogens (tertiary/aromatic N) is 6. The highest BCUT2D eigenvalue weighted by atomic mass is 16.5. The van der Waals surface area contributed by atoms with Crippen molar-refractivity contribution in [2.75, 3.05) is 36.0 Å². The zero-order valence-electron chi connectivity index (χ0n) is 16.0. The van der Waals surface area contributed by atoms with E-state index < -0.39 is 0 Å². The summed E-state index contributed by atoms with van der Waals surface area (Å²) in [6.45, 7) is 9.70. The highest BCUT2D eigenvalue weighted by molar-refractivity contribution is 5.86. The zero-order valence-corrected chi connectivity index (χ0v) is 16.0. The van der Waals surface area contributed by atoms with Crippen molar-refractivity contribution in [3.8, 4) is 5.88 Å². The fourth-order valence-corrected chi connectivity index (χ4v) is 3.42. The number of aromatic nitrogens is 4. The molecule has 2 aromatic heterocycles. The van der Waals surface area contributed by atoms with Crippen LogP contribution in [-0.4, -0.2) is 52.2 Å². The van der Waals surface area contributed by atoms with Crippen molar-refractivity contribution in [1.29, 1.82) is 0 Å². The molecule has 1 aliphatic rings. The van der Waals surface area contributed by atoms with E-state index in [0.717, 1.165) is 48.6 Å². The first-order valence-electron chi connectivity index (χ1n) is 9.31. The molecule has 1 fully saturated rings. The number of hydrogen-bond acceptors (Lipinski definition) is 7. The molecule has 7 nitrogen and oxygen atoms in total. The van der Waals surface area contributed by atoms with Crippen LogP contribution in [-0.2, 0) is 0 Å². The Bertz CT molecular complexity index is 937. The molecule has 1 saturated heterocycles. The molecule has 0 N–H and O–H groups in total. The van der Waals surface area contributed by atoms with E-state index in [9.17, 15) is 0 Å². The first kappa shape index (κ1) is 17.5. The molecule has 0 bridgehead atoms. The predicted molar refractivity (Wildman–Crippen MR) is 106 cm³/mol. The molecule has 0 unspecified atom stereocenters. The van der Waals surface area contributed by atoms with E-state index in [2.05, 4.69) is 41.9 Å². The lowest BCUT2D eigenvalue weighted by Gasteiger charge is -2.37. The maximum Gasteiger partial charge on any atom is 0.224 e. The van der Waals surface area contributed by atoms with E-state index in [1.807, 2.05) is 26.8 Å². The molecule has 4 rings (SSSR count). The zero-order chi connectivity index (χ0) is 18.8. The average Bonchev–Trinajstić information content (AvgIpc) is 2.68. The highest BCUT2D eigenvalue weighted by Gasteiger charge is 2.20. The summed E-state index contributed by atoms with van der Waals surface area (Å²) in [5.74, 6) is 1.63. The van der Waals surface area contributed by atoms with Crippen molar-refractivity contribution in [3.63, 3.8) is 0 Å². The van der Waals surface area contributed by atoms with Gasteiger partial charge in [-0.25, -0.2) is 15.0 Å². The molecule has 27 heavy (non-hydrogen) atoms. The summed E-state index contributed by atoms with van der Waals surface area (Å²) >= 11 is 0. The summed E-state index contributed by atoms with van der Waals surface area (Å²) in [5.41, 5.74) is 3.05. The van der Waals surface area contributed by atoms with Gasteiger partial charge in [-0.3, -0.25) is 4.98 Å². The van der Waals surface area contributed by atoms with Gasteiger partial charge in [0.15, 0.2) is 0 Å². The molecule has 0 radical (unpaired) electrons. The molecular formula is C20H24N6O. The van der Waals surface area contributed by atoms with Crippen LogP contribution in [0.5, 0.6) is 5.88 Å². The van der Waals surface area contributed by atoms with Gasteiger partial charge in [0, 0.05) is 44.3 Å². The van der Waals surface area contributed by atoms with Crippen LogP contribution in [0.4, 0.5) is 11.5 Å². The number of fused-ring (bicyclic) bond motifs is 1. The Labute approximate surface area is 159 Å². The standard InChI is InChI=1S/C20H24N6O/c1-14(2)27-20-17-12-16(4-5-18(17)23-13-24-20)25-8-10-26(11-9-25)19-15(3)21-6-7-22-19/h4-7,12-14H,8-11H2,1-3H3. The lowest BCUT2D eigenvalue weighted by Crippen LogP contribution is -2.47. The van der Waals surface area contributed by atoms with Crippen molar-refractivity contribution in [1.82, 2.24) is 19.9 Å². The number of hydrogen-bond donors (Lipinski definition) is 0. The minimum Gasteiger partial charge on any atom is -0.474 e. The van der Waals surface area contributed by atoms with Gasteiger partial charge in [0.1, 0.15) is 12.1 Å². The van der Waals surface area contributed by atoms with Crippen LogP contribution in [0.2, 0.25) is 0 Å². The van der Waals surface area contributed by atoms with Gasteiger partial charge in [-0.15, -0.1) is 0 Å². The molecule has 0 saturated carbocycles. The number of piperazine rings is 1. The number of aryl methyl sites for hydroxylation is 1. The van der Waals surface area contributed by atoms with Gasteiger partial charge < -0.3 is 14.5 Å². The molecule has 1 aliphatic heterocycles. The topological polar surface area (TPSA) is 67.3 Å². The Morgan fingerprint density at radius 1 is 0.926 bits per heavy atom. The van der Waals surface area contributed by atoms with Crippen molar-refractivity contribution in [3.05, 3.63) is 42.6 Å². The monoisotopic (exact) mass is 364 g/mol. The van der Waals surface area contributed by atoms with Crippen LogP contribution in [0.25, 0.3) is 10.9 Å². The first-order chi connectivity index (χ1) is 13.1. The first-order valence-corrected chi connectivity index (χ1v) is 9.31. The third kappa shape index (κ3) is 3.63. The smallest absolute Gasteiger partial charge is 0.224 e. The van der Waals surface area contributed by atoms with E-state index in [0.29, 0.717) is 5.88 Å². The highest BCUT2D eigenvalue weighted by Crippen LogP contribution is 2.28. The molecule has 0 aliphatic carbocycles. The van der Waals surface area contributed by atoms with Crippen LogP contribution < -0.4 is 14.5 Å². The van der Waals surface area contributed by atoms with E-state index in [4.69, 9.17) is 4.74 Å². The maximum absolute atomic E-state index is 5.86. The molecule has 3 heterocycles. The summed E-state index contributed by atoms with van der Waals surface area (Å²) < 4.78 is 5.86. The van der Waals surface area contributed by atoms with Crippen molar-refractivity contribution in [2.24, 2.45) is 0 Å². The Morgan fingerprint density at radius 3 is 2.41 bits per heavy atom. The fourth-order valence-electron chi connectivity index (χ4n) is 3.42. The van der Waals surface area contributed by atoms with Crippen molar-refractivity contribution < 1.29 is 4.74 Å². The SMILES string of the molecule is Cc1nccnc1N1CCN(c2ccc3ncnc(OC(C)C)c3c2)CC1. The fraction of sp³-hybridized carbons (Fsp3) is 0.400. The third-order valence-corrected chi connectivity index (χ3v) is 4.73. The van der Waals surface area contributed by atoms with Crippen LogP contribution in [0.3, 0.4) is 0 Å². The molecule has 140 valence electrons. The van der Waals surface area contributed by atoms with Crippen LogP contribution >= 0.6 is 0 Å². The summed E-state index contributed by atoms with van der Waals surface area (Å²) in [5, 5.41) is 0.955. The second kappa shape index (κ2) is 7.34. The van der Waals surface area contributed by atoms with Gasteiger partial charge in [-0.1, -0.05) is 0 Å². The number of rotatable bonds is 4. The summed E-state index contributed by atoms with van der Waals surface area (Å²) in [6, 6.07) is 6.30. The minimum absolute atomic E-state index is 0.0746. The summed E-state index contributed by atoms with van der Waals surface area (Å²) in [6.07, 6.45) is 5.13. The van der Waals surface area contributed by atoms with Crippen LogP contribution in [0, 0.1) is 6.92 Å². The van der Waals surface area contributed by atoms with Gasteiger partial charge in [0.25, 0.3) is 0 Å². The number of benzene rings is 1. The lowest BCUT2D eigenvalue weighted by atomic mass is 10.2. The molecule has 0 amide bonds. The third-order valence-electron chi connectivity index (χ3n) is 4.73. The molecule has 7 heteroatoms. The maximum atomic E-state index is 5.86. The van der Waals surface area contributed by atoms with Gasteiger partial charge in [-0.05, 0) is 39.0 Å². The molecule has 0 atom stereocenters. The average molecular weight is 364 g/mol. The predicted octanol–water partition coefficient (Wildman–Crippen LogP) is 2.84. The van der Waals surface area contributed by atoms with Gasteiger partial charge >= 0.3 is 0 Å². The van der Waals surface area contributed by atoms with Gasteiger partial charge in [0.2, 0.25) is 5.88 Å². The largest absolute Gasteiger partial charge is 0.474 e. The molecule has 0 spiro atoms. The Hall–Kier alpha value is -2.96. The summed E-state index contributed by atoms with van der Waals surface area (Å²) in [7, 11) is 0. The van der Waals surface area contributed by atoms with E-state index >= 15 is 0 Å². The molecule has 3 aromatic rings. The number of ether oxygens (including phenoxy) is 1. The van der Waals surface area contributed by atoms with Crippen molar-refractivity contribution >= 4 is 22.4 Å². The number of anilines is 2. The normalized spacial score (nSPS) is 14.8. The Kier molecular flexibility index (Phi) is 4.75. The van der Waals surface area contributed by atoms with Gasteiger partial charge in [0.05, 0.1) is 22.7 Å². The van der Waals surface area contributed by atoms with E-state index in [1.54, 1.807) is 18.7 Å². The Morgan fingerprint density at radius 2 is 1.67 bits per heavy atom. The summed E-state index contributed by atoms with van der Waals surface area (Å²) in [4.78, 5) is 22.2. The van der Waals surface area contributed by atoms with Crippen LogP contribution in [0.1, 0.15) is 19.5 Å². The van der Waals surface area contributed by atoms with E-state index in [1.165, 1.54) is 5.69 Å². The second-order valence-corrected chi connectivity index (χ2v) is 6.99. The van der Waals surface area contributed by atoms with Crippen LogP contribution in [0.15, 0.2) is 36.9 Å². The molecular weight excluding hydrogens is 340 g/mol.